The number of aryl methyl sites for hydroxylation is 1. The fourth-order valence-electron chi connectivity index (χ4n) is 3.96. The first kappa shape index (κ1) is 16.8. The number of aromatic nitrogens is 3. The molecule has 1 aliphatic carbocycles. The van der Waals surface area contributed by atoms with Gasteiger partial charge < -0.3 is 16.3 Å². The van der Waals surface area contributed by atoms with Gasteiger partial charge in [-0.05, 0) is 31.4 Å². The van der Waals surface area contributed by atoms with Crippen LogP contribution in [0, 0.1) is 6.92 Å². The summed E-state index contributed by atoms with van der Waals surface area (Å²) in [7, 11) is 0. The van der Waals surface area contributed by atoms with Crippen molar-refractivity contribution in [2.45, 2.75) is 44.6 Å². The molecular weight excluding hydrogens is 356 g/mol. The number of carbonyl (C=O) groups excluding carboxylic acids is 1. The molecule has 1 saturated carbocycles. The van der Waals surface area contributed by atoms with E-state index in [1.54, 1.807) is 6.07 Å². The Hall–Kier alpha value is -2.61. The number of fused-ring (bicyclic) bond motifs is 2. The Morgan fingerprint density at radius 2 is 2.08 bits per heavy atom. The number of halogens is 1. The summed E-state index contributed by atoms with van der Waals surface area (Å²) in [5.74, 6) is 0.123. The average Bonchev–Trinajstić information content (AvgIpc) is 2.89. The smallest absolute Gasteiger partial charge is 0.254 e. The van der Waals surface area contributed by atoms with Crippen LogP contribution < -0.4 is 16.5 Å². The molecule has 136 valence electrons. The van der Waals surface area contributed by atoms with Crippen LogP contribution in [-0.4, -0.2) is 25.8 Å². The number of nitrogens with two attached hydrogens (primary N) is 1. The number of anilines is 1. The van der Waals surface area contributed by atoms with Crippen LogP contribution >= 0.6 is 11.6 Å². The summed E-state index contributed by atoms with van der Waals surface area (Å²) in [5, 5.41) is 14.1. The molecular formula is C17H19ClN6O2. The molecule has 0 unspecified atom stereocenters. The highest BCUT2D eigenvalue weighted by molar-refractivity contribution is 6.34. The monoisotopic (exact) mass is 374 g/mol. The highest BCUT2D eigenvalue weighted by Gasteiger charge is 2.47. The molecule has 26 heavy (non-hydrogen) atoms. The van der Waals surface area contributed by atoms with Crippen molar-refractivity contribution in [1.82, 2.24) is 20.0 Å². The number of carbonyl (C=O) groups is 1. The Kier molecular flexibility index (Phi) is 3.87. The molecule has 2 aromatic rings. The van der Waals surface area contributed by atoms with Gasteiger partial charge >= 0.3 is 0 Å². The number of hydrogen-bond donors (Lipinski definition) is 3. The number of nitrogens with one attached hydrogen (secondary N) is 1. The molecule has 2 aliphatic rings. The maximum atomic E-state index is 12.6. The molecule has 2 aromatic heterocycles. The van der Waals surface area contributed by atoms with Crippen molar-refractivity contribution in [3.63, 3.8) is 0 Å². The Balaban J connectivity index is 1.96. The van der Waals surface area contributed by atoms with Crippen molar-refractivity contribution in [2.24, 2.45) is 4.99 Å². The number of amides is 1. The number of nitrogens with zero attached hydrogens (tertiary/aromatic N) is 4. The highest BCUT2D eigenvalue weighted by Crippen LogP contribution is 2.42. The first-order valence-electron chi connectivity index (χ1n) is 8.52. The lowest BCUT2D eigenvalue weighted by atomic mass is 9.79. The zero-order chi connectivity index (χ0) is 18.5. The lowest BCUT2D eigenvalue weighted by Gasteiger charge is -2.34. The van der Waals surface area contributed by atoms with Crippen molar-refractivity contribution in [3.05, 3.63) is 39.7 Å². The van der Waals surface area contributed by atoms with Crippen molar-refractivity contribution < 1.29 is 10.0 Å². The first-order valence-corrected chi connectivity index (χ1v) is 8.90. The van der Waals surface area contributed by atoms with Crippen molar-refractivity contribution in [3.8, 4) is 0 Å². The zero-order valence-electron chi connectivity index (χ0n) is 14.3. The molecule has 0 radical (unpaired) electrons. The first-order chi connectivity index (χ1) is 12.4. The van der Waals surface area contributed by atoms with Crippen molar-refractivity contribution in [1.29, 1.82) is 0 Å². The van der Waals surface area contributed by atoms with E-state index in [1.807, 2.05) is 6.92 Å². The average molecular weight is 375 g/mol. The molecule has 1 aliphatic heterocycles. The van der Waals surface area contributed by atoms with E-state index >= 15 is 0 Å². The topological polar surface area (TPSA) is 118 Å². The van der Waals surface area contributed by atoms with Crippen LogP contribution in [-0.2, 0) is 5.54 Å². The minimum absolute atomic E-state index is 0.114. The number of rotatable bonds is 1. The molecule has 8 nitrogen and oxygen atoms in total. The highest BCUT2D eigenvalue weighted by atomic mass is 35.5. The summed E-state index contributed by atoms with van der Waals surface area (Å²) in [6, 6.07) is 1.63. The third-order valence-corrected chi connectivity index (χ3v) is 5.53. The van der Waals surface area contributed by atoms with Crippen LogP contribution in [0.5, 0.6) is 0 Å². The van der Waals surface area contributed by atoms with E-state index < -0.39 is 5.54 Å². The molecule has 3 heterocycles. The lowest BCUT2D eigenvalue weighted by Crippen LogP contribution is -2.43. The third-order valence-electron chi connectivity index (χ3n) is 5.16. The molecule has 1 spiro atoms. The Morgan fingerprint density at radius 3 is 2.81 bits per heavy atom. The molecule has 9 heteroatoms. The van der Waals surface area contributed by atoms with Crippen LogP contribution in [0.1, 0.15) is 53.7 Å². The Labute approximate surface area is 154 Å². The number of pyridine rings is 1. The van der Waals surface area contributed by atoms with E-state index in [2.05, 4.69) is 20.3 Å². The summed E-state index contributed by atoms with van der Waals surface area (Å²) >= 11 is 6.12. The normalized spacial score (nSPS) is 18.8. The lowest BCUT2D eigenvalue weighted by molar-refractivity contribution is 0.0892. The van der Waals surface area contributed by atoms with Gasteiger partial charge in [0.2, 0.25) is 0 Å². The molecule has 0 saturated heterocycles. The maximum Gasteiger partial charge on any atom is 0.254 e. The molecule has 0 bridgehead atoms. The third kappa shape index (κ3) is 2.44. The van der Waals surface area contributed by atoms with Crippen LogP contribution in [0.25, 0.3) is 0 Å². The second kappa shape index (κ2) is 5.98. The SMILES string of the molecule is Cc1cc(=Nc2ncnc(N)c2Cl)n(O)c2c1C(=O)NC21CCCCC1. The fraction of sp³-hybridized carbons (Fsp3) is 0.412. The fourth-order valence-corrected chi connectivity index (χ4v) is 4.10. The molecule has 4 rings (SSSR count). The largest absolute Gasteiger partial charge is 0.427 e. The Bertz CT molecular complexity index is 978. The number of hydrogen-bond acceptors (Lipinski definition) is 6. The van der Waals surface area contributed by atoms with Crippen molar-refractivity contribution >= 4 is 29.1 Å². The van der Waals surface area contributed by atoms with Gasteiger partial charge in [-0.3, -0.25) is 4.79 Å². The zero-order valence-corrected chi connectivity index (χ0v) is 15.0. The van der Waals surface area contributed by atoms with Crippen LogP contribution in [0.4, 0.5) is 11.6 Å². The van der Waals surface area contributed by atoms with E-state index in [-0.39, 0.29) is 28.1 Å². The number of nitrogen functional groups attached to an aromatic ring is 1. The van der Waals surface area contributed by atoms with Gasteiger partial charge in [-0.15, -0.1) is 0 Å². The summed E-state index contributed by atoms with van der Waals surface area (Å²) in [6.45, 7) is 1.83. The molecule has 1 fully saturated rings. The van der Waals surface area contributed by atoms with Gasteiger partial charge in [0.25, 0.3) is 5.91 Å². The minimum Gasteiger partial charge on any atom is -0.427 e. The van der Waals surface area contributed by atoms with Gasteiger partial charge in [0, 0.05) is 0 Å². The maximum absolute atomic E-state index is 12.6. The predicted molar refractivity (Wildman–Crippen MR) is 95.3 cm³/mol. The van der Waals surface area contributed by atoms with Crippen LogP contribution in [0.3, 0.4) is 0 Å². The molecule has 1 amide bonds. The summed E-state index contributed by atoms with van der Waals surface area (Å²) in [6.07, 6.45) is 5.95. The van der Waals surface area contributed by atoms with Crippen LogP contribution in [0.2, 0.25) is 5.02 Å². The molecule has 0 aromatic carbocycles. The Morgan fingerprint density at radius 1 is 1.35 bits per heavy atom. The van der Waals surface area contributed by atoms with Gasteiger partial charge in [-0.1, -0.05) is 30.9 Å². The van der Waals surface area contributed by atoms with Gasteiger partial charge in [-0.25, -0.2) is 15.0 Å². The van der Waals surface area contributed by atoms with E-state index in [4.69, 9.17) is 17.3 Å². The quantitative estimate of drug-likeness (QED) is 0.661. The standard InChI is InChI=1S/C17H19ClN6O2/c1-9-7-10(22-15-12(18)14(19)20-8-21-15)24(26)13-11(9)16(25)23-17(13)5-3-2-4-6-17/h7-8,26H,2-6H2,1H3,(H,23,25)(H2,19,20,21). The minimum atomic E-state index is -0.551. The molecule has 0 atom stereocenters. The van der Waals surface area contributed by atoms with E-state index in [1.165, 1.54) is 6.33 Å². The van der Waals surface area contributed by atoms with Gasteiger partial charge in [-0.2, -0.15) is 4.73 Å². The van der Waals surface area contributed by atoms with E-state index in [0.717, 1.165) is 42.4 Å². The molecule has 4 N–H and O–H groups in total. The summed E-state index contributed by atoms with van der Waals surface area (Å²) < 4.78 is 0.986. The summed E-state index contributed by atoms with van der Waals surface area (Å²) in [5.41, 5.74) is 7.20. The van der Waals surface area contributed by atoms with Gasteiger partial charge in [0.15, 0.2) is 11.3 Å². The van der Waals surface area contributed by atoms with Crippen molar-refractivity contribution in [2.75, 3.05) is 5.73 Å². The second-order valence-electron chi connectivity index (χ2n) is 6.83. The van der Waals surface area contributed by atoms with Gasteiger partial charge in [0.1, 0.15) is 17.2 Å². The van der Waals surface area contributed by atoms with Gasteiger partial charge in [0.05, 0.1) is 16.8 Å². The van der Waals surface area contributed by atoms with E-state index in [9.17, 15) is 10.0 Å². The summed E-state index contributed by atoms with van der Waals surface area (Å²) in [4.78, 5) is 24.7. The van der Waals surface area contributed by atoms with E-state index in [0.29, 0.717) is 11.3 Å². The second-order valence-corrected chi connectivity index (χ2v) is 7.20. The predicted octanol–water partition coefficient (Wildman–Crippen LogP) is 2.19. The van der Waals surface area contributed by atoms with Crippen LogP contribution in [0.15, 0.2) is 17.4 Å².